The van der Waals surface area contributed by atoms with Crippen LogP contribution in [0.2, 0.25) is 0 Å². The molecule has 2 aromatic carbocycles. The van der Waals surface area contributed by atoms with E-state index >= 15 is 0 Å². The average molecular weight is 495 g/mol. The average Bonchev–Trinajstić information content (AvgIpc) is 3.05. The summed E-state index contributed by atoms with van der Waals surface area (Å²) in [5.41, 5.74) is 1.00. The van der Waals surface area contributed by atoms with Gasteiger partial charge in [0.25, 0.3) is 11.8 Å². The number of anilines is 1. The number of amides is 2. The van der Waals surface area contributed by atoms with Crippen molar-refractivity contribution in [2.75, 3.05) is 25.2 Å². The van der Waals surface area contributed by atoms with Crippen molar-refractivity contribution >= 4 is 40.9 Å². The molecular formula is C22H20F3N3O5S. The molecule has 1 aliphatic heterocycles. The van der Waals surface area contributed by atoms with Crippen molar-refractivity contribution < 1.29 is 37.0 Å². The summed E-state index contributed by atoms with van der Waals surface area (Å²) in [6, 6.07) is 9.63. The van der Waals surface area contributed by atoms with Crippen LogP contribution in [0.4, 0.5) is 18.9 Å². The van der Waals surface area contributed by atoms with Gasteiger partial charge < -0.3 is 24.8 Å². The van der Waals surface area contributed by atoms with Crippen molar-refractivity contribution in [3.8, 4) is 17.2 Å². The minimum absolute atomic E-state index is 0.0644. The summed E-state index contributed by atoms with van der Waals surface area (Å²) in [5.74, 6) is -0.490. The molecule has 0 unspecified atom stereocenters. The lowest BCUT2D eigenvalue weighted by Crippen LogP contribution is -2.30. The number of rotatable bonds is 8. The van der Waals surface area contributed by atoms with Crippen molar-refractivity contribution in [1.82, 2.24) is 10.6 Å². The van der Waals surface area contributed by atoms with E-state index in [1.54, 1.807) is 25.1 Å². The zero-order valence-electron chi connectivity index (χ0n) is 18.1. The predicted molar refractivity (Wildman–Crippen MR) is 121 cm³/mol. The number of methoxy groups -OCH3 is 1. The molecule has 12 heteroatoms. The molecule has 1 fully saturated rings. The third kappa shape index (κ3) is 6.16. The van der Waals surface area contributed by atoms with Crippen LogP contribution in [0.15, 0.2) is 48.2 Å². The molecule has 1 heterocycles. The van der Waals surface area contributed by atoms with E-state index < -0.39 is 18.0 Å². The second kappa shape index (κ2) is 10.4. The van der Waals surface area contributed by atoms with E-state index in [0.29, 0.717) is 23.6 Å². The highest BCUT2D eigenvalue weighted by molar-refractivity contribution is 7.80. The number of nitrogens with zero attached hydrogens (tertiary/aromatic N) is 1. The maximum Gasteiger partial charge on any atom is 0.573 e. The first-order chi connectivity index (χ1) is 16.1. The number of benzene rings is 2. The summed E-state index contributed by atoms with van der Waals surface area (Å²) >= 11 is 5.22. The van der Waals surface area contributed by atoms with Crippen LogP contribution in [0.3, 0.4) is 0 Å². The second-order valence-corrected chi connectivity index (χ2v) is 7.21. The van der Waals surface area contributed by atoms with Crippen LogP contribution in [-0.2, 0) is 9.59 Å². The molecular weight excluding hydrogens is 475 g/mol. The number of likely N-dealkylation sites (N-methyl/N-ethyl adjacent to an activating group) is 1. The van der Waals surface area contributed by atoms with Crippen LogP contribution in [0.25, 0.3) is 6.08 Å². The van der Waals surface area contributed by atoms with E-state index in [2.05, 4.69) is 15.4 Å². The van der Waals surface area contributed by atoms with Gasteiger partial charge in [0.05, 0.1) is 12.8 Å². The lowest BCUT2D eigenvalue weighted by atomic mass is 10.1. The molecule has 2 N–H and O–H groups in total. The molecule has 180 valence electrons. The number of halogens is 3. The van der Waals surface area contributed by atoms with E-state index in [-0.39, 0.29) is 29.0 Å². The summed E-state index contributed by atoms with van der Waals surface area (Å²) in [7, 11) is 1.44. The van der Waals surface area contributed by atoms with Gasteiger partial charge in [0.15, 0.2) is 23.2 Å². The first kappa shape index (κ1) is 24.8. The standard InChI is InChI=1S/C22H20F3N3O5S/c1-3-26-19(29)12-32-17-9-4-13(11-18(17)31-2)10-16-20(30)28(21(34)27-16)14-5-7-15(8-6-14)33-22(23,24)25/h4-11H,3,12H2,1-2H3,(H,26,29)(H,27,34)/b16-10-. The van der Waals surface area contributed by atoms with Crippen molar-refractivity contribution in [3.63, 3.8) is 0 Å². The first-order valence-electron chi connectivity index (χ1n) is 9.91. The van der Waals surface area contributed by atoms with Gasteiger partial charge in [-0.05, 0) is 67.2 Å². The quantitative estimate of drug-likeness (QED) is 0.429. The van der Waals surface area contributed by atoms with Gasteiger partial charge in [0.1, 0.15) is 11.4 Å². The zero-order chi connectivity index (χ0) is 24.9. The highest BCUT2D eigenvalue weighted by Gasteiger charge is 2.33. The highest BCUT2D eigenvalue weighted by Crippen LogP contribution is 2.31. The fraction of sp³-hybridized carbons (Fsp3) is 0.227. The van der Waals surface area contributed by atoms with Gasteiger partial charge in [-0.25, -0.2) is 0 Å². The SMILES string of the molecule is CCNC(=O)COc1ccc(/C=C2\NC(=S)N(c3ccc(OC(F)(F)F)cc3)C2=O)cc1OC. The number of carbonyl (C=O) groups is 2. The van der Waals surface area contributed by atoms with E-state index in [0.717, 1.165) is 17.0 Å². The third-order valence-electron chi connectivity index (χ3n) is 4.44. The summed E-state index contributed by atoms with van der Waals surface area (Å²) in [5, 5.41) is 5.48. The molecule has 1 aliphatic rings. The summed E-state index contributed by atoms with van der Waals surface area (Å²) in [6.07, 6.45) is -3.28. The van der Waals surface area contributed by atoms with Crippen molar-refractivity contribution in [3.05, 3.63) is 53.7 Å². The Morgan fingerprint density at radius 2 is 1.88 bits per heavy atom. The number of carbonyl (C=O) groups excluding carboxylic acids is 2. The van der Waals surface area contributed by atoms with Crippen molar-refractivity contribution in [2.24, 2.45) is 0 Å². The van der Waals surface area contributed by atoms with Crippen LogP contribution in [0.5, 0.6) is 17.2 Å². The van der Waals surface area contributed by atoms with Gasteiger partial charge in [-0.2, -0.15) is 0 Å². The number of alkyl halides is 3. The summed E-state index contributed by atoms with van der Waals surface area (Å²) in [4.78, 5) is 25.6. The molecule has 0 spiro atoms. The van der Waals surface area contributed by atoms with Crippen molar-refractivity contribution in [2.45, 2.75) is 13.3 Å². The number of ether oxygens (including phenoxy) is 3. The Bertz CT molecular complexity index is 1120. The minimum atomic E-state index is -4.82. The molecule has 1 saturated heterocycles. The van der Waals surface area contributed by atoms with E-state index in [4.69, 9.17) is 21.7 Å². The van der Waals surface area contributed by atoms with Crippen molar-refractivity contribution in [1.29, 1.82) is 0 Å². The predicted octanol–water partition coefficient (Wildman–Crippen LogP) is 3.37. The molecule has 2 amide bonds. The van der Waals surface area contributed by atoms with Crippen LogP contribution < -0.4 is 29.7 Å². The molecule has 2 aromatic rings. The fourth-order valence-electron chi connectivity index (χ4n) is 3.02. The van der Waals surface area contributed by atoms with Gasteiger partial charge in [0.2, 0.25) is 0 Å². The first-order valence-corrected chi connectivity index (χ1v) is 10.3. The minimum Gasteiger partial charge on any atom is -0.493 e. The molecule has 34 heavy (non-hydrogen) atoms. The number of thiocarbonyl (C=S) groups is 1. The highest BCUT2D eigenvalue weighted by atomic mass is 32.1. The van der Waals surface area contributed by atoms with Gasteiger partial charge in [-0.1, -0.05) is 6.07 Å². The normalized spacial score (nSPS) is 14.7. The van der Waals surface area contributed by atoms with Crippen LogP contribution in [-0.4, -0.2) is 43.6 Å². The Kier molecular flexibility index (Phi) is 7.61. The molecule has 0 saturated carbocycles. The lowest BCUT2D eigenvalue weighted by molar-refractivity contribution is -0.274. The molecule has 8 nitrogen and oxygen atoms in total. The summed E-state index contributed by atoms with van der Waals surface area (Å²) < 4.78 is 51.7. The van der Waals surface area contributed by atoms with Crippen LogP contribution in [0, 0.1) is 0 Å². The Hall–Kier alpha value is -3.80. The van der Waals surface area contributed by atoms with Gasteiger partial charge >= 0.3 is 6.36 Å². The van der Waals surface area contributed by atoms with E-state index in [1.165, 1.54) is 25.3 Å². The fourth-order valence-corrected chi connectivity index (χ4v) is 3.32. The largest absolute Gasteiger partial charge is 0.573 e. The molecule has 0 radical (unpaired) electrons. The maximum absolute atomic E-state index is 12.9. The number of hydrogen-bond donors (Lipinski definition) is 2. The smallest absolute Gasteiger partial charge is 0.493 e. The molecule has 0 atom stereocenters. The summed E-state index contributed by atoms with van der Waals surface area (Å²) in [6.45, 7) is 2.10. The number of nitrogens with one attached hydrogen (secondary N) is 2. The van der Waals surface area contributed by atoms with Crippen LogP contribution in [0.1, 0.15) is 12.5 Å². The molecule has 0 aromatic heterocycles. The van der Waals surface area contributed by atoms with Crippen LogP contribution >= 0.6 is 12.2 Å². The Labute approximate surface area is 198 Å². The Morgan fingerprint density at radius 3 is 2.50 bits per heavy atom. The lowest BCUT2D eigenvalue weighted by Gasteiger charge is -2.15. The monoisotopic (exact) mass is 495 g/mol. The third-order valence-corrected chi connectivity index (χ3v) is 4.72. The second-order valence-electron chi connectivity index (χ2n) is 6.82. The Balaban J connectivity index is 1.76. The molecule has 0 aliphatic carbocycles. The Morgan fingerprint density at radius 1 is 1.18 bits per heavy atom. The topological polar surface area (TPSA) is 89.1 Å². The molecule has 0 bridgehead atoms. The zero-order valence-corrected chi connectivity index (χ0v) is 18.9. The van der Waals surface area contributed by atoms with Gasteiger partial charge in [-0.3, -0.25) is 14.5 Å². The van der Waals surface area contributed by atoms with Gasteiger partial charge in [0, 0.05) is 6.54 Å². The van der Waals surface area contributed by atoms with Gasteiger partial charge in [-0.15, -0.1) is 13.2 Å². The maximum atomic E-state index is 12.9. The van der Waals surface area contributed by atoms with E-state index in [1.807, 2.05) is 0 Å². The number of hydrogen-bond acceptors (Lipinski definition) is 6. The van der Waals surface area contributed by atoms with E-state index in [9.17, 15) is 22.8 Å². The molecule has 3 rings (SSSR count).